The van der Waals surface area contributed by atoms with Gasteiger partial charge in [-0.2, -0.15) is 9.78 Å². The minimum Gasteiger partial charge on any atom is -0.383 e. The maximum Gasteiger partial charge on any atom is 0.178 e. The lowest BCUT2D eigenvalue weighted by atomic mass is 10.3. The quantitative estimate of drug-likeness (QED) is 0.307. The van der Waals surface area contributed by atoms with Gasteiger partial charge in [0, 0.05) is 24.1 Å². The molecule has 2 rings (SSSR count). The van der Waals surface area contributed by atoms with Crippen LogP contribution in [0.3, 0.4) is 0 Å². The number of nitrogens with zero attached hydrogens (tertiary/aromatic N) is 4. The highest BCUT2D eigenvalue weighted by atomic mass is 127. The van der Waals surface area contributed by atoms with Crippen LogP contribution in [0.4, 0.5) is 5.82 Å². The molecular weight excluding hydrogens is 446 g/mol. The van der Waals surface area contributed by atoms with E-state index in [0.29, 0.717) is 16.7 Å². The van der Waals surface area contributed by atoms with Crippen molar-refractivity contribution in [3.8, 4) is 0 Å². The Morgan fingerprint density at radius 1 is 1.68 bits per heavy atom. The fraction of sp³-hybridized carbons (Fsp3) is 0.400. The van der Waals surface area contributed by atoms with Gasteiger partial charge in [0.1, 0.15) is 10.8 Å². The van der Waals surface area contributed by atoms with E-state index in [1.54, 1.807) is 4.99 Å². The smallest absolute Gasteiger partial charge is 0.178 e. The molecule has 1 saturated heterocycles. The number of likely N-dealkylation sites (tertiary alicyclic amines) is 1. The molecule has 1 fully saturated rings. The fourth-order valence-electron chi connectivity index (χ4n) is 1.77. The van der Waals surface area contributed by atoms with Crippen molar-refractivity contribution in [3.05, 3.63) is 16.2 Å². The van der Waals surface area contributed by atoms with E-state index in [4.69, 9.17) is 23.1 Å². The van der Waals surface area contributed by atoms with Crippen LogP contribution in [0, 0.1) is 0 Å². The van der Waals surface area contributed by atoms with Crippen molar-refractivity contribution in [2.75, 3.05) is 13.1 Å². The van der Waals surface area contributed by atoms with E-state index in [9.17, 15) is 0 Å². The summed E-state index contributed by atoms with van der Waals surface area (Å²) < 4.78 is 2.31. The van der Waals surface area contributed by atoms with Gasteiger partial charge in [-0.15, -0.1) is 0 Å². The van der Waals surface area contributed by atoms with Crippen LogP contribution in [0.1, 0.15) is 6.42 Å². The molecule has 104 valence electrons. The van der Waals surface area contributed by atoms with Gasteiger partial charge in [-0.3, -0.25) is 0 Å². The fourth-order valence-corrected chi connectivity index (χ4v) is 2.80. The van der Waals surface area contributed by atoms with Gasteiger partial charge in [0.15, 0.2) is 9.66 Å². The molecule has 0 radical (unpaired) electrons. The average molecular weight is 460 g/mol. The highest BCUT2D eigenvalue weighted by molar-refractivity contribution is 14.1. The summed E-state index contributed by atoms with van der Waals surface area (Å²) in [5, 5.41) is 4.54. The Labute approximate surface area is 138 Å². The van der Waals surface area contributed by atoms with E-state index in [0.717, 1.165) is 23.4 Å². The summed E-state index contributed by atoms with van der Waals surface area (Å²) in [5.74, 6) is 0.924. The minimum absolute atomic E-state index is 0.202. The molecule has 6 nitrogen and oxygen atoms in total. The Bertz CT molecular complexity index is 528. The number of hydrogen-bond acceptors (Lipinski definition) is 4. The lowest BCUT2D eigenvalue weighted by Gasteiger charge is -2.15. The largest absolute Gasteiger partial charge is 0.383 e. The third-order valence-electron chi connectivity index (χ3n) is 2.74. The van der Waals surface area contributed by atoms with Crippen molar-refractivity contribution in [2.24, 2.45) is 16.5 Å². The Morgan fingerprint density at radius 2 is 2.42 bits per heavy atom. The summed E-state index contributed by atoms with van der Waals surface area (Å²) >= 11 is 11.4. The van der Waals surface area contributed by atoms with Crippen LogP contribution < -0.4 is 11.5 Å². The zero-order chi connectivity index (χ0) is 14.0. The lowest BCUT2D eigenvalue weighted by Crippen LogP contribution is -2.28. The molecule has 2 heterocycles. The van der Waals surface area contributed by atoms with Crippen LogP contribution in [0.2, 0.25) is 5.02 Å². The molecule has 1 atom stereocenters. The number of aromatic nitrogens is 2. The second-order valence-corrected chi connectivity index (χ2v) is 5.97. The monoisotopic (exact) mass is 458 g/mol. The predicted octanol–water partition coefficient (Wildman–Crippen LogP) is 2.10. The molecule has 1 aliphatic heterocycles. The maximum atomic E-state index is 6.09. The molecule has 9 heteroatoms. The van der Waals surface area contributed by atoms with Crippen LogP contribution in [0.5, 0.6) is 0 Å². The van der Waals surface area contributed by atoms with Crippen LogP contribution >= 0.6 is 50.1 Å². The third-order valence-corrected chi connectivity index (χ3v) is 4.40. The van der Waals surface area contributed by atoms with Crippen LogP contribution in [0.25, 0.3) is 5.82 Å². The van der Waals surface area contributed by atoms with Gasteiger partial charge >= 0.3 is 0 Å². The molecular formula is C10H13BrClIN6. The molecule has 1 aromatic rings. The summed E-state index contributed by atoms with van der Waals surface area (Å²) in [5.41, 5.74) is 11.7. The molecule has 1 aliphatic rings. The number of nitrogens with two attached hydrogens (primary N) is 2. The Balaban J connectivity index is 2.29. The number of rotatable bonds is 2. The van der Waals surface area contributed by atoms with Crippen molar-refractivity contribution < 1.29 is 0 Å². The molecule has 4 N–H and O–H groups in total. The first kappa shape index (κ1) is 15.1. The number of aliphatic imine (C=N–C) groups is 1. The first-order chi connectivity index (χ1) is 9.02. The van der Waals surface area contributed by atoms with E-state index in [1.165, 1.54) is 10.9 Å². The van der Waals surface area contributed by atoms with Gasteiger partial charge in [0.25, 0.3) is 0 Å². The van der Waals surface area contributed by atoms with E-state index in [-0.39, 0.29) is 6.04 Å². The van der Waals surface area contributed by atoms with Crippen LogP contribution in [-0.2, 0) is 0 Å². The second kappa shape index (κ2) is 6.42. The molecule has 19 heavy (non-hydrogen) atoms. The van der Waals surface area contributed by atoms with Gasteiger partial charge in [0.05, 0.1) is 6.20 Å². The lowest BCUT2D eigenvalue weighted by molar-refractivity contribution is 0.522. The average Bonchev–Trinajstić information content (AvgIpc) is 2.96. The van der Waals surface area contributed by atoms with Crippen molar-refractivity contribution in [2.45, 2.75) is 12.5 Å². The third kappa shape index (κ3) is 3.41. The van der Waals surface area contributed by atoms with Gasteiger partial charge in [0.2, 0.25) is 0 Å². The summed E-state index contributed by atoms with van der Waals surface area (Å²) in [7, 11) is 0. The van der Waals surface area contributed by atoms with Crippen molar-refractivity contribution in [3.63, 3.8) is 0 Å². The summed E-state index contributed by atoms with van der Waals surface area (Å²) in [6.45, 7) is 1.70. The van der Waals surface area contributed by atoms with Crippen molar-refractivity contribution >= 4 is 65.6 Å². The molecule has 0 aliphatic carbocycles. The number of halogens is 3. The van der Waals surface area contributed by atoms with Crippen LogP contribution in [-0.4, -0.2) is 37.7 Å². The molecule has 1 aromatic heterocycles. The summed E-state index contributed by atoms with van der Waals surface area (Å²) in [6.07, 6.45) is 2.49. The summed E-state index contributed by atoms with van der Waals surface area (Å²) in [6, 6.07) is 0.202. The topological polar surface area (TPSA) is 85.5 Å². The standard InChI is InChI=1S/C10H13BrClIN6/c11-3-8(15)19-9(7(12)4-16-19)17-10(13)18-2-1-6(14)5-18/h3-4,6H,1-2,5,14-15H2/b8-3+,17-10?/t6-/m0/s1. The zero-order valence-electron chi connectivity index (χ0n) is 9.93. The SMILES string of the molecule is N/C(=C\Br)n1ncc(Cl)c1N=C(I)N1CC[C@H](N)C1. The molecule has 0 spiro atoms. The maximum absolute atomic E-state index is 6.09. The Kier molecular flexibility index (Phi) is 5.09. The van der Waals surface area contributed by atoms with Crippen molar-refractivity contribution in [1.29, 1.82) is 0 Å². The van der Waals surface area contributed by atoms with Gasteiger partial charge < -0.3 is 16.4 Å². The second-order valence-electron chi connectivity index (χ2n) is 4.14. The van der Waals surface area contributed by atoms with E-state index in [1.807, 2.05) is 0 Å². The van der Waals surface area contributed by atoms with Gasteiger partial charge in [-0.05, 0) is 29.0 Å². The van der Waals surface area contributed by atoms with Gasteiger partial charge in [-0.25, -0.2) is 4.99 Å². The number of hydrogen-bond donors (Lipinski definition) is 2. The molecule has 0 saturated carbocycles. The van der Waals surface area contributed by atoms with E-state index in [2.05, 4.69) is 53.5 Å². The van der Waals surface area contributed by atoms with E-state index >= 15 is 0 Å². The summed E-state index contributed by atoms with van der Waals surface area (Å²) in [4.78, 5) is 8.19. The number of amidine groups is 1. The Hall–Kier alpha value is -0.320. The predicted molar refractivity (Wildman–Crippen MR) is 89.9 cm³/mol. The highest BCUT2D eigenvalue weighted by Crippen LogP contribution is 2.28. The van der Waals surface area contributed by atoms with Crippen molar-refractivity contribution in [1.82, 2.24) is 14.7 Å². The molecule has 0 aromatic carbocycles. The Morgan fingerprint density at radius 3 is 3.00 bits per heavy atom. The van der Waals surface area contributed by atoms with Gasteiger partial charge in [-0.1, -0.05) is 27.5 Å². The first-order valence-corrected chi connectivity index (χ1v) is 7.94. The van der Waals surface area contributed by atoms with Crippen LogP contribution in [0.15, 0.2) is 16.2 Å². The zero-order valence-corrected chi connectivity index (χ0v) is 14.4. The van der Waals surface area contributed by atoms with E-state index < -0.39 is 0 Å². The minimum atomic E-state index is 0.202. The molecule has 0 amide bonds. The highest BCUT2D eigenvalue weighted by Gasteiger charge is 2.21. The molecule has 0 unspecified atom stereocenters. The normalized spacial score (nSPS) is 21.3. The molecule has 0 bridgehead atoms. The first-order valence-electron chi connectivity index (χ1n) is 5.57.